The molecule has 1 aromatic carbocycles. The molecule has 0 saturated heterocycles. The van der Waals surface area contributed by atoms with Crippen molar-refractivity contribution in [2.24, 2.45) is 0 Å². The van der Waals surface area contributed by atoms with E-state index < -0.39 is 0 Å². The Morgan fingerprint density at radius 2 is 2.00 bits per heavy atom. The van der Waals surface area contributed by atoms with Gasteiger partial charge in [-0.1, -0.05) is 23.5 Å². The summed E-state index contributed by atoms with van der Waals surface area (Å²) in [6.45, 7) is 0. The Bertz CT molecular complexity index is 589. The second-order valence-corrected chi connectivity index (χ2v) is 4.36. The molecule has 0 aliphatic rings. The Morgan fingerprint density at radius 3 is 2.82 bits per heavy atom. The molecule has 0 radical (unpaired) electrons. The van der Waals surface area contributed by atoms with E-state index in [9.17, 15) is 0 Å². The van der Waals surface area contributed by atoms with Crippen molar-refractivity contribution < 1.29 is 0 Å². The number of fused-ring (bicyclic) bond motifs is 1. The van der Waals surface area contributed by atoms with Crippen LogP contribution in [0.5, 0.6) is 0 Å². The normalized spacial score (nSPS) is 10.4. The third-order valence-corrected chi connectivity index (χ3v) is 3.11. The van der Waals surface area contributed by atoms with E-state index in [1.165, 1.54) is 0 Å². The summed E-state index contributed by atoms with van der Waals surface area (Å²) < 4.78 is 1.15. The fourth-order valence-electron chi connectivity index (χ4n) is 1.41. The van der Waals surface area contributed by atoms with Crippen molar-refractivity contribution in [2.45, 2.75) is 0 Å². The highest BCUT2D eigenvalue weighted by atomic mass is 32.1. The monoisotopic (exact) mass is 243 g/mol. The van der Waals surface area contributed by atoms with E-state index >= 15 is 0 Å². The van der Waals surface area contributed by atoms with Crippen LogP contribution >= 0.6 is 11.3 Å². The Kier molecular flexibility index (Phi) is 2.55. The fraction of sp³-hybridized carbons (Fsp3) is 0. The van der Waals surface area contributed by atoms with E-state index in [1.807, 2.05) is 24.3 Å². The molecule has 0 atom stereocenters. The SMILES string of the molecule is c1ccc2sc(NNc3cnccn3)nc2c1. The molecule has 0 spiro atoms. The van der Waals surface area contributed by atoms with E-state index in [2.05, 4.69) is 25.8 Å². The number of para-hydroxylation sites is 1. The van der Waals surface area contributed by atoms with E-state index in [0.29, 0.717) is 5.82 Å². The standard InChI is InChI=1S/C11H9N5S/c1-2-4-9-8(3-1)14-11(17-9)16-15-10-7-12-5-6-13-10/h1-7H,(H,13,15)(H,14,16). The molecule has 84 valence electrons. The van der Waals surface area contributed by atoms with Crippen molar-refractivity contribution in [3.63, 3.8) is 0 Å². The van der Waals surface area contributed by atoms with Crippen molar-refractivity contribution in [3.05, 3.63) is 42.9 Å². The summed E-state index contributed by atoms with van der Waals surface area (Å²) in [5, 5.41) is 0.803. The Labute approximate surface area is 102 Å². The van der Waals surface area contributed by atoms with Gasteiger partial charge in [0.05, 0.1) is 16.4 Å². The molecular weight excluding hydrogens is 234 g/mol. The summed E-state index contributed by atoms with van der Waals surface area (Å²) >= 11 is 1.58. The molecule has 6 heteroatoms. The molecule has 0 unspecified atom stereocenters. The van der Waals surface area contributed by atoms with E-state index in [-0.39, 0.29) is 0 Å². The highest BCUT2D eigenvalue weighted by molar-refractivity contribution is 7.22. The quantitative estimate of drug-likeness (QED) is 0.692. The summed E-state index contributed by atoms with van der Waals surface area (Å²) in [5.41, 5.74) is 6.94. The lowest BCUT2D eigenvalue weighted by Gasteiger charge is -2.03. The van der Waals surface area contributed by atoms with Crippen LogP contribution in [0, 0.1) is 0 Å². The van der Waals surface area contributed by atoms with Gasteiger partial charge in [0.25, 0.3) is 0 Å². The maximum Gasteiger partial charge on any atom is 0.202 e. The first-order chi connectivity index (χ1) is 8.42. The summed E-state index contributed by atoms with van der Waals surface area (Å²) in [5.74, 6) is 0.659. The van der Waals surface area contributed by atoms with Crippen LogP contribution in [0.15, 0.2) is 42.9 Å². The summed E-state index contributed by atoms with van der Waals surface area (Å²) in [6.07, 6.45) is 4.89. The largest absolute Gasteiger partial charge is 0.281 e. The molecule has 5 nitrogen and oxygen atoms in total. The Morgan fingerprint density at radius 1 is 1.06 bits per heavy atom. The molecule has 0 amide bonds. The zero-order valence-corrected chi connectivity index (χ0v) is 9.61. The molecule has 0 fully saturated rings. The van der Waals surface area contributed by atoms with Crippen LogP contribution in [0.25, 0.3) is 10.2 Å². The number of benzene rings is 1. The predicted molar refractivity (Wildman–Crippen MR) is 68.9 cm³/mol. The third kappa shape index (κ3) is 2.16. The van der Waals surface area contributed by atoms with Crippen LogP contribution in [0.1, 0.15) is 0 Å². The second-order valence-electron chi connectivity index (χ2n) is 3.33. The van der Waals surface area contributed by atoms with Crippen molar-refractivity contribution >= 4 is 32.5 Å². The van der Waals surface area contributed by atoms with Crippen LogP contribution in [-0.2, 0) is 0 Å². The third-order valence-electron chi connectivity index (χ3n) is 2.15. The zero-order valence-electron chi connectivity index (χ0n) is 8.79. The van der Waals surface area contributed by atoms with Crippen LogP contribution < -0.4 is 10.9 Å². The number of nitrogens with one attached hydrogen (secondary N) is 2. The average Bonchev–Trinajstić information content (AvgIpc) is 2.80. The van der Waals surface area contributed by atoms with Crippen molar-refractivity contribution in [1.82, 2.24) is 15.0 Å². The number of nitrogens with zero attached hydrogens (tertiary/aromatic N) is 3. The minimum Gasteiger partial charge on any atom is -0.281 e. The molecule has 3 aromatic rings. The molecule has 0 bridgehead atoms. The van der Waals surface area contributed by atoms with Gasteiger partial charge < -0.3 is 0 Å². The highest BCUT2D eigenvalue weighted by Gasteiger charge is 2.01. The smallest absolute Gasteiger partial charge is 0.202 e. The lowest BCUT2D eigenvalue weighted by molar-refractivity contribution is 1.17. The van der Waals surface area contributed by atoms with Crippen molar-refractivity contribution in [1.29, 1.82) is 0 Å². The molecule has 0 saturated carbocycles. The first-order valence-electron chi connectivity index (χ1n) is 5.05. The maximum atomic E-state index is 4.42. The minimum atomic E-state index is 0.659. The van der Waals surface area contributed by atoms with Gasteiger partial charge in [0.1, 0.15) is 0 Å². The van der Waals surface area contributed by atoms with Gasteiger partial charge in [0.15, 0.2) is 5.82 Å². The number of aromatic nitrogens is 3. The number of rotatable bonds is 3. The zero-order chi connectivity index (χ0) is 11.5. The minimum absolute atomic E-state index is 0.659. The topological polar surface area (TPSA) is 62.7 Å². The van der Waals surface area contributed by atoms with Crippen molar-refractivity contribution in [3.8, 4) is 0 Å². The van der Waals surface area contributed by atoms with Gasteiger partial charge in [-0.15, -0.1) is 0 Å². The second kappa shape index (κ2) is 4.34. The molecule has 2 heterocycles. The number of hydrogen-bond acceptors (Lipinski definition) is 6. The summed E-state index contributed by atoms with van der Waals surface area (Å²) in [6, 6.07) is 8.00. The molecule has 2 N–H and O–H groups in total. The number of thiazole rings is 1. The van der Waals surface area contributed by atoms with Gasteiger partial charge >= 0.3 is 0 Å². The van der Waals surface area contributed by atoms with Crippen molar-refractivity contribution in [2.75, 3.05) is 10.9 Å². The Hall–Kier alpha value is -2.21. The number of hydrogen-bond donors (Lipinski definition) is 2. The fourth-order valence-corrected chi connectivity index (χ4v) is 2.23. The van der Waals surface area contributed by atoms with Crippen LogP contribution in [0.3, 0.4) is 0 Å². The Balaban J connectivity index is 1.77. The van der Waals surface area contributed by atoms with E-state index in [1.54, 1.807) is 29.9 Å². The van der Waals surface area contributed by atoms with Gasteiger partial charge in [-0.25, -0.2) is 9.97 Å². The van der Waals surface area contributed by atoms with Gasteiger partial charge in [-0.2, -0.15) is 0 Å². The molecule has 17 heavy (non-hydrogen) atoms. The average molecular weight is 243 g/mol. The molecule has 3 rings (SSSR count). The molecule has 0 aliphatic carbocycles. The highest BCUT2D eigenvalue weighted by Crippen LogP contribution is 2.25. The lowest BCUT2D eigenvalue weighted by atomic mass is 10.3. The van der Waals surface area contributed by atoms with Crippen LogP contribution in [0.4, 0.5) is 10.9 Å². The molecular formula is C11H9N5S. The first-order valence-corrected chi connectivity index (χ1v) is 5.87. The van der Waals surface area contributed by atoms with E-state index in [4.69, 9.17) is 0 Å². The van der Waals surface area contributed by atoms with Gasteiger partial charge in [0, 0.05) is 12.4 Å². The first kappa shape index (κ1) is 9.98. The lowest BCUT2D eigenvalue weighted by Crippen LogP contribution is -2.09. The van der Waals surface area contributed by atoms with Gasteiger partial charge in [-0.05, 0) is 12.1 Å². The van der Waals surface area contributed by atoms with Gasteiger partial charge in [0.2, 0.25) is 5.13 Å². The maximum absolute atomic E-state index is 4.42. The predicted octanol–water partition coefficient (Wildman–Crippen LogP) is 2.53. The van der Waals surface area contributed by atoms with E-state index in [0.717, 1.165) is 15.3 Å². The summed E-state index contributed by atoms with van der Waals surface area (Å²) in [7, 11) is 0. The summed E-state index contributed by atoms with van der Waals surface area (Å²) in [4.78, 5) is 12.5. The van der Waals surface area contributed by atoms with Gasteiger partial charge in [-0.3, -0.25) is 15.8 Å². The van der Waals surface area contributed by atoms with Crippen LogP contribution in [-0.4, -0.2) is 15.0 Å². The number of hydrazine groups is 1. The molecule has 0 aliphatic heterocycles. The van der Waals surface area contributed by atoms with Crippen LogP contribution in [0.2, 0.25) is 0 Å². The number of anilines is 2. The molecule has 2 aromatic heterocycles.